The molecule has 0 spiro atoms. The summed E-state index contributed by atoms with van der Waals surface area (Å²) in [5, 5.41) is 2.78. The third kappa shape index (κ3) is 4.47. The van der Waals surface area contributed by atoms with Gasteiger partial charge in [-0.15, -0.1) is 0 Å². The third-order valence-corrected chi connectivity index (χ3v) is 5.89. The molecule has 1 unspecified atom stereocenters. The summed E-state index contributed by atoms with van der Waals surface area (Å²) >= 11 is 0. The molecule has 124 valence electrons. The van der Waals surface area contributed by atoms with Gasteiger partial charge in [0.2, 0.25) is 5.91 Å². The average molecular weight is 326 g/mol. The van der Waals surface area contributed by atoms with Gasteiger partial charge in [-0.3, -0.25) is 4.79 Å². The summed E-state index contributed by atoms with van der Waals surface area (Å²) in [5.74, 6) is -0.465. The van der Waals surface area contributed by atoms with Gasteiger partial charge in [-0.25, -0.2) is 8.42 Å². The molecule has 0 radical (unpaired) electrons. The highest BCUT2D eigenvalue weighted by atomic mass is 32.2. The summed E-state index contributed by atoms with van der Waals surface area (Å²) in [7, 11) is 0.502. The van der Waals surface area contributed by atoms with Gasteiger partial charge >= 0.3 is 0 Å². The van der Waals surface area contributed by atoms with Crippen molar-refractivity contribution in [2.75, 3.05) is 25.3 Å². The fraction of sp³-hybridized carbons (Fsp3) is 0.562. The minimum Gasteiger partial charge on any atom is -0.378 e. The zero-order valence-corrected chi connectivity index (χ0v) is 15.0. The number of hydrogen-bond acceptors (Lipinski definition) is 4. The molecule has 0 fully saturated rings. The van der Waals surface area contributed by atoms with Crippen LogP contribution in [0.3, 0.4) is 0 Å². The second-order valence-corrected chi connectivity index (χ2v) is 8.99. The quantitative estimate of drug-likeness (QED) is 0.863. The van der Waals surface area contributed by atoms with Crippen molar-refractivity contribution in [2.45, 2.75) is 38.0 Å². The number of carbonyl (C=O) groups excluding carboxylic acids is 1. The molecule has 5 nitrogen and oxygen atoms in total. The van der Waals surface area contributed by atoms with Crippen LogP contribution in [0.25, 0.3) is 0 Å². The molecule has 0 heterocycles. The Morgan fingerprint density at radius 2 is 1.73 bits per heavy atom. The smallest absolute Gasteiger partial charge is 0.241 e. The summed E-state index contributed by atoms with van der Waals surface area (Å²) in [4.78, 5) is 14.2. The van der Waals surface area contributed by atoms with Gasteiger partial charge in [0.05, 0.1) is 0 Å². The van der Waals surface area contributed by atoms with E-state index in [1.54, 1.807) is 0 Å². The number of benzene rings is 1. The van der Waals surface area contributed by atoms with Crippen molar-refractivity contribution in [3.8, 4) is 0 Å². The first kappa shape index (κ1) is 18.5. The van der Waals surface area contributed by atoms with Crippen LogP contribution in [-0.2, 0) is 21.1 Å². The Hall–Kier alpha value is -1.56. The molecule has 0 saturated heterocycles. The second-order valence-electron chi connectivity index (χ2n) is 6.42. The van der Waals surface area contributed by atoms with E-state index >= 15 is 0 Å². The molecule has 1 N–H and O–H groups in total. The summed E-state index contributed by atoms with van der Waals surface area (Å²) in [6.07, 6.45) is 1.73. The Kier molecular flexibility index (Phi) is 5.62. The van der Waals surface area contributed by atoms with Crippen LogP contribution >= 0.6 is 0 Å². The van der Waals surface area contributed by atoms with Crippen molar-refractivity contribution in [2.24, 2.45) is 0 Å². The van der Waals surface area contributed by atoms with Crippen molar-refractivity contribution < 1.29 is 13.2 Å². The van der Waals surface area contributed by atoms with Crippen molar-refractivity contribution in [3.05, 3.63) is 29.8 Å². The molecule has 0 aromatic heterocycles. The average Bonchev–Trinajstić information content (AvgIpc) is 2.37. The Morgan fingerprint density at radius 1 is 1.23 bits per heavy atom. The maximum absolute atomic E-state index is 12.2. The predicted octanol–water partition coefficient (Wildman–Crippen LogP) is 1.62. The molecular formula is C16H26N2O3S. The van der Waals surface area contributed by atoms with Gasteiger partial charge in [0.1, 0.15) is 4.75 Å². The summed E-state index contributed by atoms with van der Waals surface area (Å²) in [5.41, 5.74) is 2.20. The van der Waals surface area contributed by atoms with Crippen LogP contribution in [0.2, 0.25) is 0 Å². The highest BCUT2D eigenvalue weighted by molar-refractivity contribution is 7.92. The normalized spacial score (nSPS) is 13.5. The van der Waals surface area contributed by atoms with Crippen LogP contribution in [0, 0.1) is 0 Å². The van der Waals surface area contributed by atoms with Gasteiger partial charge in [-0.1, -0.05) is 12.1 Å². The molecule has 1 rings (SSSR count). The van der Waals surface area contributed by atoms with Crippen molar-refractivity contribution in [3.63, 3.8) is 0 Å². The largest absolute Gasteiger partial charge is 0.378 e. The van der Waals surface area contributed by atoms with Crippen molar-refractivity contribution in [1.29, 1.82) is 0 Å². The number of hydrogen-bond donors (Lipinski definition) is 1. The zero-order valence-electron chi connectivity index (χ0n) is 14.2. The fourth-order valence-corrected chi connectivity index (χ4v) is 2.30. The van der Waals surface area contributed by atoms with E-state index in [-0.39, 0.29) is 6.04 Å². The molecular weight excluding hydrogens is 300 g/mol. The predicted molar refractivity (Wildman–Crippen MR) is 91.0 cm³/mol. The van der Waals surface area contributed by atoms with Gasteiger partial charge in [0.25, 0.3) is 0 Å². The third-order valence-electron chi connectivity index (χ3n) is 3.85. The van der Waals surface area contributed by atoms with Crippen LogP contribution in [-0.4, -0.2) is 45.5 Å². The summed E-state index contributed by atoms with van der Waals surface area (Å²) in [6, 6.07) is 7.92. The van der Waals surface area contributed by atoms with E-state index < -0.39 is 20.5 Å². The van der Waals surface area contributed by atoms with Crippen molar-refractivity contribution in [1.82, 2.24) is 5.32 Å². The van der Waals surface area contributed by atoms with E-state index in [4.69, 9.17) is 0 Å². The SMILES string of the molecule is CC(Cc1ccc(N(C)C)cc1)NC(=O)C(C)(C)S(C)(=O)=O. The molecule has 1 atom stereocenters. The second kappa shape index (κ2) is 6.69. The van der Waals surface area contributed by atoms with Gasteiger partial charge in [-0.2, -0.15) is 0 Å². The molecule has 0 saturated carbocycles. The lowest BCUT2D eigenvalue weighted by Gasteiger charge is -2.24. The van der Waals surface area contributed by atoms with Gasteiger partial charge in [0.15, 0.2) is 9.84 Å². The van der Waals surface area contributed by atoms with Crippen LogP contribution < -0.4 is 10.2 Å². The highest BCUT2D eigenvalue weighted by Gasteiger charge is 2.38. The van der Waals surface area contributed by atoms with E-state index in [1.165, 1.54) is 13.8 Å². The van der Waals surface area contributed by atoms with Crippen LogP contribution in [0.5, 0.6) is 0 Å². The number of nitrogens with zero attached hydrogens (tertiary/aromatic N) is 1. The lowest BCUT2D eigenvalue weighted by molar-refractivity contribution is -0.123. The lowest BCUT2D eigenvalue weighted by atomic mass is 10.1. The molecule has 1 aromatic carbocycles. The first-order valence-corrected chi connectivity index (χ1v) is 9.11. The van der Waals surface area contributed by atoms with Crippen molar-refractivity contribution >= 4 is 21.4 Å². The minimum atomic E-state index is -3.45. The lowest BCUT2D eigenvalue weighted by Crippen LogP contribution is -2.50. The Balaban J connectivity index is 2.70. The molecule has 1 aromatic rings. The van der Waals surface area contributed by atoms with Crippen LogP contribution in [0.4, 0.5) is 5.69 Å². The Bertz CT molecular complexity index is 619. The topological polar surface area (TPSA) is 66.5 Å². The van der Waals surface area contributed by atoms with Crippen LogP contribution in [0.1, 0.15) is 26.3 Å². The van der Waals surface area contributed by atoms with E-state index in [2.05, 4.69) is 5.32 Å². The molecule has 0 aliphatic carbocycles. The molecule has 0 aliphatic heterocycles. The summed E-state index contributed by atoms with van der Waals surface area (Å²) < 4.78 is 21.9. The van der Waals surface area contributed by atoms with E-state index in [0.29, 0.717) is 6.42 Å². The molecule has 22 heavy (non-hydrogen) atoms. The molecule has 6 heteroatoms. The zero-order chi connectivity index (χ0) is 17.1. The van der Waals surface area contributed by atoms with E-state index in [9.17, 15) is 13.2 Å². The van der Waals surface area contributed by atoms with Gasteiger partial charge in [-0.05, 0) is 44.9 Å². The van der Waals surface area contributed by atoms with Gasteiger partial charge < -0.3 is 10.2 Å². The fourth-order valence-electron chi connectivity index (χ4n) is 1.90. The number of rotatable bonds is 6. The monoisotopic (exact) mass is 326 g/mol. The molecule has 1 amide bonds. The number of anilines is 1. The number of nitrogens with one attached hydrogen (secondary N) is 1. The standard InChI is InChI=1S/C16H26N2O3S/c1-12(17-15(19)16(2,3)22(6,20)21)11-13-7-9-14(10-8-13)18(4)5/h7-10,12H,11H2,1-6H3,(H,17,19). The Morgan fingerprint density at radius 3 is 2.14 bits per heavy atom. The first-order chi connectivity index (χ1) is 9.95. The number of sulfone groups is 1. The van der Waals surface area contributed by atoms with Crippen LogP contribution in [0.15, 0.2) is 24.3 Å². The molecule has 0 bridgehead atoms. The highest BCUT2D eigenvalue weighted by Crippen LogP contribution is 2.17. The maximum atomic E-state index is 12.2. The van der Waals surface area contributed by atoms with E-state index in [0.717, 1.165) is 17.5 Å². The molecule has 0 aliphatic rings. The Labute approximate surface area is 133 Å². The van der Waals surface area contributed by atoms with Gasteiger partial charge in [0, 0.05) is 32.1 Å². The van der Waals surface area contributed by atoms with E-state index in [1.807, 2.05) is 50.2 Å². The summed E-state index contributed by atoms with van der Waals surface area (Å²) in [6.45, 7) is 4.72. The number of carbonyl (C=O) groups is 1. The number of amides is 1. The first-order valence-electron chi connectivity index (χ1n) is 7.22. The minimum absolute atomic E-state index is 0.140. The maximum Gasteiger partial charge on any atom is 0.241 e.